The van der Waals surface area contributed by atoms with E-state index in [1.807, 2.05) is 24.3 Å². The molecule has 1 aliphatic heterocycles. The first-order valence-corrected chi connectivity index (χ1v) is 8.17. The van der Waals surface area contributed by atoms with E-state index < -0.39 is 5.91 Å². The lowest BCUT2D eigenvalue weighted by molar-refractivity contribution is 0.100. The minimum atomic E-state index is -0.444. The Labute approximate surface area is 145 Å². The fraction of sp³-hybridized carbons (Fsp3) is 0.235. The fourth-order valence-electron chi connectivity index (χ4n) is 2.87. The van der Waals surface area contributed by atoms with Crippen molar-refractivity contribution in [2.75, 3.05) is 31.1 Å². The summed E-state index contributed by atoms with van der Waals surface area (Å²) in [4.78, 5) is 14.3. The summed E-state index contributed by atoms with van der Waals surface area (Å²) in [5.74, 6) is -0.444. The molecule has 0 aromatic heterocycles. The first-order valence-electron chi connectivity index (χ1n) is 7.42. The molecule has 0 atom stereocenters. The molecule has 3 rings (SSSR count). The van der Waals surface area contributed by atoms with Crippen LogP contribution in [0.3, 0.4) is 0 Å². The van der Waals surface area contributed by atoms with Gasteiger partial charge in [0.05, 0.1) is 21.3 Å². The molecular weight excluding hydrogens is 333 g/mol. The number of anilines is 1. The first kappa shape index (κ1) is 16.1. The number of benzene rings is 2. The van der Waals surface area contributed by atoms with E-state index in [1.165, 1.54) is 0 Å². The number of hydrogen-bond donors (Lipinski definition) is 2. The maximum atomic E-state index is 12.1. The molecule has 1 amide bonds. The zero-order chi connectivity index (χ0) is 16.4. The maximum absolute atomic E-state index is 12.1. The van der Waals surface area contributed by atoms with Crippen LogP contribution in [0.15, 0.2) is 36.4 Å². The second kappa shape index (κ2) is 6.79. The van der Waals surface area contributed by atoms with Gasteiger partial charge < -0.3 is 16.0 Å². The molecule has 0 spiro atoms. The molecule has 0 unspecified atom stereocenters. The van der Waals surface area contributed by atoms with Gasteiger partial charge in [-0.2, -0.15) is 0 Å². The van der Waals surface area contributed by atoms with Gasteiger partial charge in [0.2, 0.25) is 0 Å². The van der Waals surface area contributed by atoms with Crippen LogP contribution in [0.1, 0.15) is 10.4 Å². The number of amides is 1. The molecule has 3 N–H and O–H groups in total. The quantitative estimate of drug-likeness (QED) is 0.894. The molecule has 1 heterocycles. The molecule has 6 heteroatoms. The van der Waals surface area contributed by atoms with Gasteiger partial charge in [0.15, 0.2) is 0 Å². The molecule has 0 bridgehead atoms. The molecule has 2 aromatic rings. The highest BCUT2D eigenvalue weighted by atomic mass is 35.5. The normalized spacial score (nSPS) is 14.8. The summed E-state index contributed by atoms with van der Waals surface area (Å²) in [6.45, 7) is 3.45. The lowest BCUT2D eigenvalue weighted by atomic mass is 9.97. The topological polar surface area (TPSA) is 58.4 Å². The molecule has 1 aliphatic rings. The highest BCUT2D eigenvalue weighted by molar-refractivity contribution is 6.42. The lowest BCUT2D eigenvalue weighted by Crippen LogP contribution is -2.44. The number of nitrogens with two attached hydrogens (primary N) is 1. The van der Waals surface area contributed by atoms with Gasteiger partial charge in [0, 0.05) is 26.2 Å². The van der Waals surface area contributed by atoms with Crippen LogP contribution < -0.4 is 16.0 Å². The molecular formula is C17H17Cl2N3O. The van der Waals surface area contributed by atoms with E-state index in [0.29, 0.717) is 15.6 Å². The van der Waals surface area contributed by atoms with E-state index in [4.69, 9.17) is 28.9 Å². The Balaban J connectivity index is 2.12. The van der Waals surface area contributed by atoms with Gasteiger partial charge in [0.25, 0.3) is 5.91 Å². The summed E-state index contributed by atoms with van der Waals surface area (Å²) in [6, 6.07) is 11.1. The zero-order valence-corrected chi connectivity index (χ0v) is 14.0. The number of nitrogens with one attached hydrogen (secondary N) is 1. The molecule has 2 aromatic carbocycles. The molecule has 120 valence electrons. The van der Waals surface area contributed by atoms with Gasteiger partial charge in [-0.25, -0.2) is 0 Å². The van der Waals surface area contributed by atoms with E-state index in [9.17, 15) is 4.79 Å². The van der Waals surface area contributed by atoms with E-state index in [-0.39, 0.29) is 0 Å². The molecule has 4 nitrogen and oxygen atoms in total. The number of rotatable bonds is 3. The summed E-state index contributed by atoms with van der Waals surface area (Å²) in [7, 11) is 0. The molecule has 23 heavy (non-hydrogen) atoms. The van der Waals surface area contributed by atoms with E-state index in [2.05, 4.69) is 10.2 Å². The van der Waals surface area contributed by atoms with Crippen LogP contribution in [-0.2, 0) is 0 Å². The standard InChI is InChI=1S/C17H17Cl2N3O/c18-13-5-4-11(10-14(13)19)12-2-1-3-15(16(12)17(20)23)22-8-6-21-7-9-22/h1-5,10,21H,6-9H2,(H2,20,23). The molecule has 1 fully saturated rings. The highest BCUT2D eigenvalue weighted by Gasteiger charge is 2.21. The first-order chi connectivity index (χ1) is 11.1. The number of carbonyl (C=O) groups excluding carboxylic acids is 1. The Kier molecular flexibility index (Phi) is 4.76. The van der Waals surface area contributed by atoms with Crippen molar-refractivity contribution in [2.24, 2.45) is 5.73 Å². The van der Waals surface area contributed by atoms with Crippen molar-refractivity contribution >= 4 is 34.8 Å². The Morgan fingerprint density at radius 1 is 1.09 bits per heavy atom. The molecule has 0 aliphatic carbocycles. The van der Waals surface area contributed by atoms with Gasteiger partial charge in [-0.15, -0.1) is 0 Å². The minimum Gasteiger partial charge on any atom is -0.368 e. The Hall–Kier alpha value is -1.75. The van der Waals surface area contributed by atoms with E-state index >= 15 is 0 Å². The van der Waals surface area contributed by atoms with E-state index in [1.54, 1.807) is 12.1 Å². The Morgan fingerprint density at radius 3 is 2.48 bits per heavy atom. The monoisotopic (exact) mass is 349 g/mol. The summed E-state index contributed by atoms with van der Waals surface area (Å²) < 4.78 is 0. The van der Waals surface area contributed by atoms with Crippen molar-refractivity contribution in [3.05, 3.63) is 52.0 Å². The molecule has 1 saturated heterocycles. The molecule has 0 saturated carbocycles. The summed E-state index contributed by atoms with van der Waals surface area (Å²) in [5.41, 5.74) is 8.67. The fourth-order valence-corrected chi connectivity index (χ4v) is 3.17. The zero-order valence-electron chi connectivity index (χ0n) is 12.5. The van der Waals surface area contributed by atoms with Crippen molar-refractivity contribution in [3.8, 4) is 11.1 Å². The summed E-state index contributed by atoms with van der Waals surface area (Å²) in [5, 5.41) is 4.24. The highest BCUT2D eigenvalue weighted by Crippen LogP contribution is 2.34. The van der Waals surface area contributed by atoms with Crippen LogP contribution in [0.2, 0.25) is 10.0 Å². The maximum Gasteiger partial charge on any atom is 0.251 e. The second-order valence-electron chi connectivity index (χ2n) is 5.43. The average molecular weight is 350 g/mol. The average Bonchev–Trinajstić information content (AvgIpc) is 2.57. The largest absolute Gasteiger partial charge is 0.368 e. The van der Waals surface area contributed by atoms with Crippen LogP contribution in [0.4, 0.5) is 5.69 Å². The smallest absolute Gasteiger partial charge is 0.251 e. The number of nitrogens with zero attached hydrogens (tertiary/aromatic N) is 1. The number of carbonyl (C=O) groups is 1. The predicted octanol–water partition coefficient (Wildman–Crippen LogP) is 3.17. The van der Waals surface area contributed by atoms with E-state index in [0.717, 1.165) is 43.0 Å². The van der Waals surface area contributed by atoms with Crippen molar-refractivity contribution < 1.29 is 4.79 Å². The number of hydrogen-bond acceptors (Lipinski definition) is 3. The minimum absolute atomic E-state index is 0.444. The van der Waals surface area contributed by atoms with Crippen molar-refractivity contribution in [1.29, 1.82) is 0 Å². The van der Waals surface area contributed by atoms with Gasteiger partial charge in [-0.3, -0.25) is 4.79 Å². The second-order valence-corrected chi connectivity index (χ2v) is 6.24. The number of primary amides is 1. The van der Waals surface area contributed by atoms with Crippen molar-refractivity contribution in [1.82, 2.24) is 5.32 Å². The molecule has 0 radical (unpaired) electrons. The van der Waals surface area contributed by atoms with Crippen LogP contribution in [0.5, 0.6) is 0 Å². The third-order valence-corrected chi connectivity index (χ3v) is 4.72. The van der Waals surface area contributed by atoms with Crippen LogP contribution in [0.25, 0.3) is 11.1 Å². The third kappa shape index (κ3) is 3.29. The van der Waals surface area contributed by atoms with Crippen LogP contribution in [-0.4, -0.2) is 32.1 Å². The predicted molar refractivity (Wildman–Crippen MR) is 95.5 cm³/mol. The number of piperazine rings is 1. The van der Waals surface area contributed by atoms with Gasteiger partial charge in [-0.1, -0.05) is 41.4 Å². The number of halogens is 2. The summed E-state index contributed by atoms with van der Waals surface area (Å²) >= 11 is 12.1. The Bertz CT molecular complexity index is 743. The van der Waals surface area contributed by atoms with Gasteiger partial charge in [0.1, 0.15) is 0 Å². The van der Waals surface area contributed by atoms with Crippen molar-refractivity contribution in [3.63, 3.8) is 0 Å². The Morgan fingerprint density at radius 2 is 1.83 bits per heavy atom. The van der Waals surface area contributed by atoms with Crippen LogP contribution in [0, 0.1) is 0 Å². The van der Waals surface area contributed by atoms with Crippen molar-refractivity contribution in [2.45, 2.75) is 0 Å². The lowest BCUT2D eigenvalue weighted by Gasteiger charge is -2.31. The van der Waals surface area contributed by atoms with Crippen LogP contribution >= 0.6 is 23.2 Å². The van der Waals surface area contributed by atoms with Gasteiger partial charge >= 0.3 is 0 Å². The third-order valence-electron chi connectivity index (χ3n) is 3.98. The summed E-state index contributed by atoms with van der Waals surface area (Å²) in [6.07, 6.45) is 0. The van der Waals surface area contributed by atoms with Gasteiger partial charge in [-0.05, 0) is 29.3 Å². The SMILES string of the molecule is NC(=O)c1c(-c2ccc(Cl)c(Cl)c2)cccc1N1CCNCC1.